The van der Waals surface area contributed by atoms with E-state index in [0.717, 1.165) is 31.4 Å². The van der Waals surface area contributed by atoms with Gasteiger partial charge in [-0.3, -0.25) is 4.79 Å². The number of anilines is 2. The number of hydrogen-bond acceptors (Lipinski definition) is 4. The fraction of sp³-hybridized carbons (Fsp3) is 0.533. The maximum atomic E-state index is 11.5. The highest BCUT2D eigenvalue weighted by atomic mass is 16.3. The quantitative estimate of drug-likeness (QED) is 0.645. The Morgan fingerprint density at radius 2 is 2.05 bits per heavy atom. The summed E-state index contributed by atoms with van der Waals surface area (Å²) < 4.78 is 0. The molecular weight excluding hydrogens is 240 g/mol. The molecule has 0 spiro atoms. The molecule has 2 rings (SSSR count). The van der Waals surface area contributed by atoms with E-state index in [1.165, 1.54) is 6.92 Å². The number of rotatable bonds is 4. The zero-order valence-corrected chi connectivity index (χ0v) is 11.6. The van der Waals surface area contributed by atoms with Gasteiger partial charge >= 0.3 is 0 Å². The summed E-state index contributed by atoms with van der Waals surface area (Å²) in [6, 6.07) is 5.44. The number of benzene rings is 1. The Balaban J connectivity index is 2.17. The molecule has 1 aliphatic rings. The Morgan fingerprint density at radius 3 is 2.63 bits per heavy atom. The molecule has 4 nitrogen and oxygen atoms in total. The van der Waals surface area contributed by atoms with Crippen LogP contribution in [0.2, 0.25) is 0 Å². The van der Waals surface area contributed by atoms with Crippen LogP contribution < -0.4 is 10.6 Å². The fourth-order valence-electron chi connectivity index (χ4n) is 2.81. The number of Topliss-reactive ketones (excluding diaryl/α,β-unsaturated/α-hetero) is 1. The summed E-state index contributed by atoms with van der Waals surface area (Å²) in [6.45, 7) is 2.11. The van der Waals surface area contributed by atoms with Crippen LogP contribution >= 0.6 is 0 Å². The van der Waals surface area contributed by atoms with Crippen molar-refractivity contribution in [3.8, 4) is 0 Å². The zero-order chi connectivity index (χ0) is 14.0. The minimum Gasteiger partial charge on any atom is -0.398 e. The van der Waals surface area contributed by atoms with E-state index in [0.29, 0.717) is 17.8 Å². The molecule has 0 radical (unpaired) electrons. The van der Waals surface area contributed by atoms with Crippen LogP contribution in [0.25, 0.3) is 0 Å². The highest BCUT2D eigenvalue weighted by Crippen LogP contribution is 2.31. The third-order valence-corrected chi connectivity index (χ3v) is 3.92. The first kappa shape index (κ1) is 13.9. The molecule has 4 heteroatoms. The Morgan fingerprint density at radius 1 is 1.42 bits per heavy atom. The largest absolute Gasteiger partial charge is 0.398 e. The summed E-state index contributed by atoms with van der Waals surface area (Å²) in [5.41, 5.74) is 7.17. The molecule has 0 amide bonds. The molecule has 0 atom stereocenters. The summed E-state index contributed by atoms with van der Waals surface area (Å²) >= 11 is 0. The molecule has 0 saturated heterocycles. The molecule has 0 bridgehead atoms. The van der Waals surface area contributed by atoms with Crippen LogP contribution in [0.1, 0.15) is 43.0 Å². The second-order valence-electron chi connectivity index (χ2n) is 5.62. The number of likely N-dealkylation sites (N-methyl/N-ethyl adjacent to an activating group) is 1. The van der Waals surface area contributed by atoms with Crippen molar-refractivity contribution in [2.24, 2.45) is 0 Å². The van der Waals surface area contributed by atoms with Crippen molar-refractivity contribution in [2.75, 3.05) is 24.2 Å². The van der Waals surface area contributed by atoms with Crippen molar-refractivity contribution in [1.29, 1.82) is 0 Å². The smallest absolute Gasteiger partial charge is 0.161 e. The van der Waals surface area contributed by atoms with E-state index in [1.807, 2.05) is 18.0 Å². The lowest BCUT2D eigenvalue weighted by molar-refractivity contribution is 0.0559. The molecule has 3 N–H and O–H groups in total. The molecule has 19 heavy (non-hydrogen) atoms. The molecule has 0 unspecified atom stereocenters. The van der Waals surface area contributed by atoms with E-state index in [2.05, 4.69) is 0 Å². The van der Waals surface area contributed by atoms with Gasteiger partial charge in [0, 0.05) is 30.5 Å². The standard InChI is InChI=1S/C15H22N2O2/c1-11(18)13-9-12(5-6-14(13)16)17(2)10-15(19)7-3-4-8-15/h5-6,9,19H,3-4,7-8,10,16H2,1-2H3. The van der Waals surface area contributed by atoms with Gasteiger partial charge in [-0.25, -0.2) is 0 Å². The zero-order valence-electron chi connectivity index (χ0n) is 11.6. The van der Waals surface area contributed by atoms with E-state index in [-0.39, 0.29) is 5.78 Å². The van der Waals surface area contributed by atoms with Gasteiger partial charge < -0.3 is 15.7 Å². The SMILES string of the molecule is CC(=O)c1cc(N(C)CC2(O)CCCC2)ccc1N. The number of carbonyl (C=O) groups is 1. The van der Waals surface area contributed by atoms with E-state index >= 15 is 0 Å². The number of carbonyl (C=O) groups excluding carboxylic acids is 1. The number of hydrogen-bond donors (Lipinski definition) is 2. The average molecular weight is 262 g/mol. The van der Waals surface area contributed by atoms with Crippen LogP contribution in [0, 0.1) is 0 Å². The number of ketones is 1. The van der Waals surface area contributed by atoms with Crippen LogP contribution in [0.3, 0.4) is 0 Å². The van der Waals surface area contributed by atoms with Gasteiger partial charge in [-0.1, -0.05) is 12.8 Å². The molecular formula is C15H22N2O2. The predicted octanol–water partition coefficient (Wildman–Crippen LogP) is 2.21. The minimum atomic E-state index is -0.591. The van der Waals surface area contributed by atoms with Crippen molar-refractivity contribution in [2.45, 2.75) is 38.2 Å². The lowest BCUT2D eigenvalue weighted by Crippen LogP contribution is -2.39. The predicted molar refractivity (Wildman–Crippen MR) is 77.5 cm³/mol. The van der Waals surface area contributed by atoms with E-state index in [4.69, 9.17) is 5.73 Å². The van der Waals surface area contributed by atoms with Gasteiger partial charge in [0.25, 0.3) is 0 Å². The highest BCUT2D eigenvalue weighted by molar-refractivity contribution is 6.00. The summed E-state index contributed by atoms with van der Waals surface area (Å²) in [4.78, 5) is 13.5. The summed E-state index contributed by atoms with van der Waals surface area (Å²) in [5, 5.41) is 10.4. The maximum Gasteiger partial charge on any atom is 0.161 e. The Kier molecular flexibility index (Phi) is 3.80. The average Bonchev–Trinajstić information content (AvgIpc) is 2.75. The van der Waals surface area contributed by atoms with Gasteiger partial charge in [-0.15, -0.1) is 0 Å². The van der Waals surface area contributed by atoms with Gasteiger partial charge in [0.2, 0.25) is 0 Å². The molecule has 0 aliphatic heterocycles. The lowest BCUT2D eigenvalue weighted by Gasteiger charge is -2.30. The number of nitrogens with two attached hydrogens (primary N) is 1. The summed E-state index contributed by atoms with van der Waals surface area (Å²) in [5.74, 6) is -0.0349. The van der Waals surface area contributed by atoms with Crippen LogP contribution in [0.15, 0.2) is 18.2 Å². The third kappa shape index (κ3) is 3.07. The van der Waals surface area contributed by atoms with Crippen molar-refractivity contribution in [1.82, 2.24) is 0 Å². The summed E-state index contributed by atoms with van der Waals surface area (Å²) in [6.07, 6.45) is 3.88. The first-order chi connectivity index (χ1) is 8.91. The highest BCUT2D eigenvalue weighted by Gasteiger charge is 2.32. The summed E-state index contributed by atoms with van der Waals surface area (Å²) in [7, 11) is 1.94. The van der Waals surface area contributed by atoms with Crippen molar-refractivity contribution in [3.05, 3.63) is 23.8 Å². The molecule has 0 heterocycles. The van der Waals surface area contributed by atoms with E-state index < -0.39 is 5.60 Å². The molecule has 104 valence electrons. The molecule has 1 aliphatic carbocycles. The lowest BCUT2D eigenvalue weighted by atomic mass is 10.0. The van der Waals surface area contributed by atoms with Crippen LogP contribution in [-0.2, 0) is 0 Å². The van der Waals surface area contributed by atoms with Gasteiger partial charge in [0.15, 0.2) is 5.78 Å². The topological polar surface area (TPSA) is 66.6 Å². The van der Waals surface area contributed by atoms with E-state index in [1.54, 1.807) is 12.1 Å². The second kappa shape index (κ2) is 5.21. The first-order valence-corrected chi connectivity index (χ1v) is 6.75. The van der Waals surface area contributed by atoms with E-state index in [9.17, 15) is 9.90 Å². The van der Waals surface area contributed by atoms with Crippen LogP contribution in [-0.4, -0.2) is 30.1 Å². The molecule has 1 aromatic carbocycles. The van der Waals surface area contributed by atoms with Crippen molar-refractivity contribution >= 4 is 17.2 Å². The van der Waals surface area contributed by atoms with Gasteiger partial charge in [0.05, 0.1) is 5.60 Å². The number of nitrogens with zero attached hydrogens (tertiary/aromatic N) is 1. The molecule has 0 aromatic heterocycles. The first-order valence-electron chi connectivity index (χ1n) is 6.75. The van der Waals surface area contributed by atoms with Crippen LogP contribution in [0.4, 0.5) is 11.4 Å². The van der Waals surface area contributed by atoms with Gasteiger partial charge in [-0.05, 0) is 38.0 Å². The Labute approximate surface area is 114 Å². The van der Waals surface area contributed by atoms with Gasteiger partial charge in [-0.2, -0.15) is 0 Å². The van der Waals surface area contributed by atoms with Gasteiger partial charge in [0.1, 0.15) is 0 Å². The van der Waals surface area contributed by atoms with Crippen molar-refractivity contribution in [3.63, 3.8) is 0 Å². The maximum absolute atomic E-state index is 11.5. The molecule has 1 fully saturated rings. The monoisotopic (exact) mass is 262 g/mol. The fourth-order valence-corrected chi connectivity index (χ4v) is 2.81. The minimum absolute atomic E-state index is 0.0349. The van der Waals surface area contributed by atoms with Crippen molar-refractivity contribution < 1.29 is 9.90 Å². The second-order valence-corrected chi connectivity index (χ2v) is 5.62. The normalized spacial score (nSPS) is 17.4. The Bertz CT molecular complexity index is 479. The number of aliphatic hydroxyl groups is 1. The Hall–Kier alpha value is -1.55. The number of nitrogen functional groups attached to an aromatic ring is 1. The molecule has 1 aromatic rings. The van der Waals surface area contributed by atoms with Crippen LogP contribution in [0.5, 0.6) is 0 Å². The molecule has 1 saturated carbocycles. The third-order valence-electron chi connectivity index (χ3n) is 3.92.